The smallest absolute Gasteiger partial charge is 0.272 e. The second-order valence-electron chi connectivity index (χ2n) is 7.44. The quantitative estimate of drug-likeness (QED) is 0.557. The molecule has 0 aliphatic rings. The maximum Gasteiger partial charge on any atom is 0.272 e. The van der Waals surface area contributed by atoms with Crippen molar-refractivity contribution in [1.29, 1.82) is 0 Å². The highest BCUT2D eigenvalue weighted by molar-refractivity contribution is 6.08. The van der Waals surface area contributed by atoms with Crippen LogP contribution >= 0.6 is 0 Å². The van der Waals surface area contributed by atoms with Crippen LogP contribution in [0, 0.1) is 13.8 Å². The van der Waals surface area contributed by atoms with Crippen molar-refractivity contribution < 1.29 is 9.59 Å². The summed E-state index contributed by atoms with van der Waals surface area (Å²) in [6.45, 7) is 13.5. The summed E-state index contributed by atoms with van der Waals surface area (Å²) in [7, 11) is 0. The van der Waals surface area contributed by atoms with E-state index in [1.165, 1.54) is 6.92 Å². The third-order valence-corrected chi connectivity index (χ3v) is 5.60. The number of aryl methyl sites for hydroxylation is 1. The van der Waals surface area contributed by atoms with Gasteiger partial charge in [0, 0.05) is 47.1 Å². The lowest BCUT2D eigenvalue weighted by molar-refractivity contribution is 0.101. The van der Waals surface area contributed by atoms with E-state index >= 15 is 0 Å². The van der Waals surface area contributed by atoms with E-state index in [9.17, 15) is 9.59 Å². The zero-order chi connectivity index (χ0) is 21.1. The average Bonchev–Trinajstić information content (AvgIpc) is 3.22. The Morgan fingerprint density at radius 2 is 1.86 bits per heavy atom. The molecule has 6 heteroatoms. The number of rotatable bonds is 8. The summed E-state index contributed by atoms with van der Waals surface area (Å²) in [5.41, 5.74) is 4.33. The molecule has 0 spiro atoms. The molecular weight excluding hydrogens is 364 g/mol. The first-order valence-electron chi connectivity index (χ1n) is 10.2. The van der Waals surface area contributed by atoms with Crippen LogP contribution in [0.1, 0.15) is 52.9 Å². The van der Waals surface area contributed by atoms with Gasteiger partial charge in [-0.25, -0.2) is 0 Å². The number of amides is 1. The number of Topliss-reactive ketones (excluding diaryl/α,β-unsaturated/α-hetero) is 1. The Hall–Kier alpha value is -2.86. The molecule has 3 aromatic rings. The lowest BCUT2D eigenvalue weighted by atomic mass is 10.1. The maximum absolute atomic E-state index is 12.7. The maximum atomic E-state index is 12.7. The number of benzene rings is 1. The molecule has 6 nitrogen and oxygen atoms in total. The fourth-order valence-electron chi connectivity index (χ4n) is 3.96. The molecule has 0 saturated carbocycles. The summed E-state index contributed by atoms with van der Waals surface area (Å²) >= 11 is 0. The van der Waals surface area contributed by atoms with Gasteiger partial charge in [0.15, 0.2) is 5.78 Å². The van der Waals surface area contributed by atoms with Gasteiger partial charge in [-0.3, -0.25) is 9.59 Å². The first-order chi connectivity index (χ1) is 13.8. The molecule has 0 saturated heterocycles. The van der Waals surface area contributed by atoms with Gasteiger partial charge in [-0.1, -0.05) is 13.8 Å². The highest BCUT2D eigenvalue weighted by Gasteiger charge is 2.20. The molecule has 1 aromatic carbocycles. The third kappa shape index (κ3) is 4.27. The number of fused-ring (bicyclic) bond motifs is 1. The molecule has 154 valence electrons. The van der Waals surface area contributed by atoms with E-state index in [1.54, 1.807) is 6.92 Å². The standard InChI is InChI=1S/C23H30N4O2/c1-6-26(7-2)12-13-27-11-10-18-14-19(8-9-20(18)27)25-23(29)22-15(3)21(17(5)28)16(4)24-22/h8-11,14,24H,6-7,12-13H2,1-5H3,(H,25,29). The summed E-state index contributed by atoms with van der Waals surface area (Å²) in [6, 6.07) is 8.02. The molecule has 0 aliphatic carbocycles. The van der Waals surface area contributed by atoms with Gasteiger partial charge in [0.25, 0.3) is 5.91 Å². The lowest BCUT2D eigenvalue weighted by Gasteiger charge is -2.18. The first-order valence-corrected chi connectivity index (χ1v) is 10.2. The summed E-state index contributed by atoms with van der Waals surface area (Å²) in [5, 5.41) is 4.04. The molecule has 0 aliphatic heterocycles. The fraction of sp³-hybridized carbons (Fsp3) is 0.391. The number of nitrogens with zero attached hydrogens (tertiary/aromatic N) is 2. The number of ketones is 1. The van der Waals surface area contributed by atoms with Crippen LogP contribution in [-0.2, 0) is 6.54 Å². The lowest BCUT2D eigenvalue weighted by Crippen LogP contribution is -2.26. The Bertz CT molecular complexity index is 1040. The molecule has 2 aromatic heterocycles. The van der Waals surface area contributed by atoms with E-state index in [0.717, 1.165) is 48.5 Å². The van der Waals surface area contributed by atoms with Crippen molar-refractivity contribution in [1.82, 2.24) is 14.5 Å². The first kappa shape index (κ1) is 20.9. The largest absolute Gasteiger partial charge is 0.354 e. The van der Waals surface area contributed by atoms with Crippen molar-refractivity contribution in [2.75, 3.05) is 25.0 Å². The summed E-state index contributed by atoms with van der Waals surface area (Å²) < 4.78 is 2.25. The highest BCUT2D eigenvalue weighted by Crippen LogP contribution is 2.23. The molecule has 0 unspecified atom stereocenters. The fourth-order valence-corrected chi connectivity index (χ4v) is 3.96. The van der Waals surface area contributed by atoms with Crippen molar-refractivity contribution in [2.45, 2.75) is 41.2 Å². The molecule has 0 radical (unpaired) electrons. The second kappa shape index (κ2) is 8.66. The number of likely N-dealkylation sites (N-methyl/N-ethyl adjacent to an activating group) is 1. The Labute approximate surface area is 171 Å². The van der Waals surface area contributed by atoms with Gasteiger partial charge in [-0.05, 0) is 63.7 Å². The summed E-state index contributed by atoms with van der Waals surface area (Å²) in [4.78, 5) is 30.0. The minimum absolute atomic E-state index is 0.0391. The number of aromatic amines is 1. The minimum atomic E-state index is -0.238. The Morgan fingerprint density at radius 3 is 2.48 bits per heavy atom. The number of H-pyrrole nitrogens is 1. The molecule has 3 rings (SSSR count). The third-order valence-electron chi connectivity index (χ3n) is 5.60. The number of hydrogen-bond acceptors (Lipinski definition) is 3. The van der Waals surface area contributed by atoms with Gasteiger partial charge in [-0.2, -0.15) is 0 Å². The van der Waals surface area contributed by atoms with Crippen LogP contribution in [0.2, 0.25) is 0 Å². The summed E-state index contributed by atoms with van der Waals surface area (Å²) in [5.74, 6) is -0.277. The van der Waals surface area contributed by atoms with Crippen LogP contribution in [-0.4, -0.2) is 45.8 Å². The second-order valence-corrected chi connectivity index (χ2v) is 7.44. The zero-order valence-corrected chi connectivity index (χ0v) is 17.9. The van der Waals surface area contributed by atoms with E-state index in [2.05, 4.69) is 45.9 Å². The molecule has 0 fully saturated rings. The Morgan fingerprint density at radius 1 is 1.14 bits per heavy atom. The van der Waals surface area contributed by atoms with Crippen molar-refractivity contribution in [3.8, 4) is 0 Å². The van der Waals surface area contributed by atoms with Crippen molar-refractivity contribution in [3.05, 3.63) is 53.0 Å². The molecule has 29 heavy (non-hydrogen) atoms. The van der Waals surface area contributed by atoms with Gasteiger partial charge >= 0.3 is 0 Å². The van der Waals surface area contributed by atoms with Gasteiger partial charge in [-0.15, -0.1) is 0 Å². The molecule has 1 amide bonds. The molecule has 0 bridgehead atoms. The Balaban J connectivity index is 1.77. The SMILES string of the molecule is CCN(CC)CCn1ccc2cc(NC(=O)c3[nH]c(C)c(C(C)=O)c3C)ccc21. The van der Waals surface area contributed by atoms with Crippen LogP contribution < -0.4 is 5.32 Å². The topological polar surface area (TPSA) is 70.1 Å². The van der Waals surface area contributed by atoms with E-state index in [-0.39, 0.29) is 11.7 Å². The molecule has 2 heterocycles. The predicted octanol–water partition coefficient (Wildman–Crippen LogP) is 4.38. The number of carbonyl (C=O) groups excluding carboxylic acids is 2. The van der Waals surface area contributed by atoms with Crippen molar-refractivity contribution >= 4 is 28.3 Å². The average molecular weight is 395 g/mol. The van der Waals surface area contributed by atoms with Gasteiger partial charge in [0.1, 0.15) is 5.69 Å². The van der Waals surface area contributed by atoms with Crippen LogP contribution in [0.4, 0.5) is 5.69 Å². The van der Waals surface area contributed by atoms with Gasteiger partial charge in [0.2, 0.25) is 0 Å². The van der Waals surface area contributed by atoms with Gasteiger partial charge < -0.3 is 19.8 Å². The van der Waals surface area contributed by atoms with E-state index in [4.69, 9.17) is 0 Å². The Kier molecular flexibility index (Phi) is 6.23. The van der Waals surface area contributed by atoms with Crippen LogP contribution in [0.5, 0.6) is 0 Å². The number of nitrogens with one attached hydrogen (secondary N) is 2. The number of anilines is 1. The van der Waals surface area contributed by atoms with Crippen LogP contribution in [0.3, 0.4) is 0 Å². The zero-order valence-electron chi connectivity index (χ0n) is 17.9. The van der Waals surface area contributed by atoms with Crippen molar-refractivity contribution in [3.63, 3.8) is 0 Å². The number of aromatic nitrogens is 2. The normalized spacial score (nSPS) is 11.4. The molecule has 2 N–H and O–H groups in total. The molecule has 0 atom stereocenters. The molecular formula is C23H30N4O2. The van der Waals surface area contributed by atoms with Crippen LogP contribution in [0.25, 0.3) is 10.9 Å². The number of carbonyl (C=O) groups is 2. The van der Waals surface area contributed by atoms with Crippen molar-refractivity contribution in [2.24, 2.45) is 0 Å². The highest BCUT2D eigenvalue weighted by atomic mass is 16.2. The van der Waals surface area contributed by atoms with E-state index < -0.39 is 0 Å². The van der Waals surface area contributed by atoms with E-state index in [1.807, 2.05) is 25.1 Å². The van der Waals surface area contributed by atoms with Crippen LogP contribution in [0.15, 0.2) is 30.5 Å². The predicted molar refractivity (Wildman–Crippen MR) is 118 cm³/mol. The minimum Gasteiger partial charge on any atom is -0.354 e. The van der Waals surface area contributed by atoms with E-state index in [0.29, 0.717) is 16.8 Å². The number of hydrogen-bond donors (Lipinski definition) is 2. The summed E-state index contributed by atoms with van der Waals surface area (Å²) in [6.07, 6.45) is 2.09. The van der Waals surface area contributed by atoms with Gasteiger partial charge in [0.05, 0.1) is 0 Å². The monoisotopic (exact) mass is 394 g/mol.